The van der Waals surface area contributed by atoms with E-state index in [4.69, 9.17) is 5.73 Å². The topological polar surface area (TPSA) is 119 Å². The van der Waals surface area contributed by atoms with Crippen LogP contribution < -0.4 is 16.4 Å². The normalized spacial score (nSPS) is 10.7. The van der Waals surface area contributed by atoms with E-state index in [9.17, 15) is 9.59 Å². The molecule has 0 aliphatic rings. The summed E-state index contributed by atoms with van der Waals surface area (Å²) in [6, 6.07) is 2.53. The van der Waals surface area contributed by atoms with E-state index in [2.05, 4.69) is 25.3 Å². The molecule has 0 bridgehead atoms. The molecule has 18 heavy (non-hydrogen) atoms. The first-order chi connectivity index (χ1) is 8.58. The number of nitrogens with one attached hydrogen (secondary N) is 2. The van der Waals surface area contributed by atoms with Crippen LogP contribution in [0.3, 0.4) is 0 Å². The van der Waals surface area contributed by atoms with E-state index in [0.717, 1.165) is 0 Å². The molecule has 8 heteroatoms. The van der Waals surface area contributed by atoms with Gasteiger partial charge in [0.25, 0.3) is 0 Å². The van der Waals surface area contributed by atoms with Gasteiger partial charge in [-0.05, 0) is 12.1 Å². The Bertz CT molecular complexity index is 486. The van der Waals surface area contributed by atoms with Crippen molar-refractivity contribution in [1.82, 2.24) is 15.6 Å². The fourth-order valence-corrected chi connectivity index (χ4v) is 1.08. The Kier molecular flexibility index (Phi) is 4.61. The van der Waals surface area contributed by atoms with Crippen molar-refractivity contribution < 1.29 is 14.3 Å². The van der Waals surface area contributed by atoms with E-state index >= 15 is 0 Å². The minimum Gasteiger partial charge on any atom is -0.465 e. The van der Waals surface area contributed by atoms with Gasteiger partial charge < -0.3 is 15.8 Å². The summed E-state index contributed by atoms with van der Waals surface area (Å²) in [4.78, 5) is 30.1. The molecule has 0 radical (unpaired) electrons. The van der Waals surface area contributed by atoms with Crippen LogP contribution in [0.2, 0.25) is 0 Å². The number of amides is 2. The third-order valence-electron chi connectivity index (χ3n) is 1.89. The van der Waals surface area contributed by atoms with Crippen LogP contribution in [-0.2, 0) is 4.74 Å². The minimum atomic E-state index is -0.588. The van der Waals surface area contributed by atoms with Gasteiger partial charge in [0.1, 0.15) is 5.56 Å². The van der Waals surface area contributed by atoms with Gasteiger partial charge in [-0.1, -0.05) is 0 Å². The number of aromatic nitrogens is 1. The van der Waals surface area contributed by atoms with Crippen molar-refractivity contribution in [3.05, 3.63) is 23.9 Å². The molecule has 4 N–H and O–H groups in total. The molecular weight excluding hydrogens is 238 g/mol. The molecule has 0 aliphatic heterocycles. The quantitative estimate of drug-likeness (QED) is 0.380. The Morgan fingerprint density at radius 3 is 2.83 bits per heavy atom. The molecule has 0 aromatic carbocycles. The maximum absolute atomic E-state index is 11.4. The van der Waals surface area contributed by atoms with Gasteiger partial charge in [0.05, 0.1) is 7.11 Å². The van der Waals surface area contributed by atoms with Crippen LogP contribution >= 0.6 is 0 Å². The van der Waals surface area contributed by atoms with Crippen LogP contribution in [0.5, 0.6) is 0 Å². The highest BCUT2D eigenvalue weighted by Gasteiger charge is 2.12. The number of ether oxygens (including phenoxy) is 1. The lowest BCUT2D eigenvalue weighted by Crippen LogP contribution is -2.41. The number of carbonyl (C=O) groups excluding carboxylic acids is 2. The molecule has 1 aromatic heterocycles. The molecule has 1 rings (SSSR count). The lowest BCUT2D eigenvalue weighted by atomic mass is 10.2. The highest BCUT2D eigenvalue weighted by Crippen LogP contribution is 2.15. The minimum absolute atomic E-state index is 0.0678. The fraction of sp³-hybridized carbons (Fsp3) is 0.200. The van der Waals surface area contributed by atoms with Crippen molar-refractivity contribution in [2.75, 3.05) is 14.2 Å². The third-order valence-corrected chi connectivity index (χ3v) is 1.89. The molecule has 0 unspecified atom stereocenters. The summed E-state index contributed by atoms with van der Waals surface area (Å²) < 4.78 is 4.57. The van der Waals surface area contributed by atoms with Gasteiger partial charge in [-0.2, -0.15) is 4.99 Å². The van der Waals surface area contributed by atoms with Gasteiger partial charge in [-0.25, -0.2) is 14.6 Å². The summed E-state index contributed by atoms with van der Waals surface area (Å²) in [7, 11) is 2.68. The third kappa shape index (κ3) is 3.44. The second kappa shape index (κ2) is 6.18. The predicted octanol–water partition coefficient (Wildman–Crippen LogP) is -0.257. The number of rotatable bonds is 2. The molecule has 1 heterocycles. The van der Waals surface area contributed by atoms with Gasteiger partial charge in [0, 0.05) is 13.2 Å². The summed E-state index contributed by atoms with van der Waals surface area (Å²) in [6.45, 7) is 0. The van der Waals surface area contributed by atoms with Crippen LogP contribution in [0.1, 0.15) is 10.4 Å². The van der Waals surface area contributed by atoms with Crippen molar-refractivity contribution in [2.24, 2.45) is 10.7 Å². The number of hydrogen-bond acceptors (Lipinski definition) is 5. The number of aliphatic imine (C=N–C) groups is 1. The first-order valence-corrected chi connectivity index (χ1v) is 4.94. The average molecular weight is 251 g/mol. The Hall–Kier alpha value is -2.64. The molecule has 0 saturated carbocycles. The fourth-order valence-electron chi connectivity index (χ4n) is 1.08. The molecule has 2 amide bonds. The number of carbonyl (C=O) groups is 2. The highest BCUT2D eigenvalue weighted by molar-refractivity contribution is 5.98. The van der Waals surface area contributed by atoms with Gasteiger partial charge in [-0.15, -0.1) is 0 Å². The lowest BCUT2D eigenvalue weighted by Gasteiger charge is -2.05. The Labute approximate surface area is 103 Å². The summed E-state index contributed by atoms with van der Waals surface area (Å²) in [5.74, 6) is -0.703. The van der Waals surface area contributed by atoms with E-state index in [1.807, 2.05) is 0 Å². The molecule has 0 atom stereocenters. The van der Waals surface area contributed by atoms with Crippen molar-refractivity contribution in [3.63, 3.8) is 0 Å². The Balaban J connectivity index is 2.99. The second-order valence-corrected chi connectivity index (χ2v) is 3.07. The van der Waals surface area contributed by atoms with Crippen molar-refractivity contribution >= 4 is 23.8 Å². The number of urea groups is 1. The maximum Gasteiger partial charge on any atom is 0.341 e. The zero-order valence-electron chi connectivity index (χ0n) is 9.93. The molecule has 0 fully saturated rings. The lowest BCUT2D eigenvalue weighted by molar-refractivity contribution is 0.0601. The maximum atomic E-state index is 11.4. The van der Waals surface area contributed by atoms with Crippen LogP contribution in [0, 0.1) is 0 Å². The molecule has 0 aliphatic carbocycles. The van der Waals surface area contributed by atoms with E-state index in [1.165, 1.54) is 26.4 Å². The zero-order valence-corrected chi connectivity index (χ0v) is 9.93. The number of esters is 1. The van der Waals surface area contributed by atoms with Crippen molar-refractivity contribution in [2.45, 2.75) is 0 Å². The van der Waals surface area contributed by atoms with Crippen LogP contribution in [0.15, 0.2) is 23.3 Å². The first kappa shape index (κ1) is 13.4. The van der Waals surface area contributed by atoms with Gasteiger partial charge >= 0.3 is 12.0 Å². The summed E-state index contributed by atoms with van der Waals surface area (Å²) in [5.41, 5.74) is 5.63. The number of guanidine groups is 1. The second-order valence-electron chi connectivity index (χ2n) is 3.07. The van der Waals surface area contributed by atoms with Crippen LogP contribution in [-0.4, -0.2) is 37.1 Å². The summed E-state index contributed by atoms with van der Waals surface area (Å²) in [6.07, 6.45) is 1.44. The number of methoxy groups -OCH3 is 1. The molecular formula is C10H13N5O3. The molecule has 8 nitrogen and oxygen atoms in total. The number of hydrogen-bond donors (Lipinski definition) is 3. The largest absolute Gasteiger partial charge is 0.465 e. The smallest absolute Gasteiger partial charge is 0.341 e. The number of nitrogens with two attached hydrogens (primary N) is 1. The summed E-state index contributed by atoms with van der Waals surface area (Å²) in [5, 5.41) is 4.56. The monoisotopic (exact) mass is 251 g/mol. The van der Waals surface area contributed by atoms with Crippen molar-refractivity contribution in [1.29, 1.82) is 0 Å². The summed E-state index contributed by atoms with van der Waals surface area (Å²) >= 11 is 0. The van der Waals surface area contributed by atoms with E-state index in [0.29, 0.717) is 0 Å². The predicted molar refractivity (Wildman–Crippen MR) is 64.5 cm³/mol. The van der Waals surface area contributed by atoms with Gasteiger partial charge in [0.2, 0.25) is 5.96 Å². The molecule has 0 saturated heterocycles. The standard InChI is InChI=1S/C10H13N5O3/c1-12-10(17)15-9(11)14-7-6(8(16)18-2)4-3-5-13-7/h3-5H,1-2H3,(H4,11,12,13,14,15,17). The molecule has 0 spiro atoms. The van der Waals surface area contributed by atoms with Crippen molar-refractivity contribution in [3.8, 4) is 0 Å². The van der Waals surface area contributed by atoms with Gasteiger partial charge in [0.15, 0.2) is 5.82 Å². The molecule has 1 aromatic rings. The first-order valence-electron chi connectivity index (χ1n) is 4.94. The van der Waals surface area contributed by atoms with Crippen LogP contribution in [0.25, 0.3) is 0 Å². The number of nitrogens with zero attached hydrogens (tertiary/aromatic N) is 2. The molecule has 96 valence electrons. The van der Waals surface area contributed by atoms with E-state index < -0.39 is 12.0 Å². The Morgan fingerprint density at radius 1 is 1.50 bits per heavy atom. The van der Waals surface area contributed by atoms with E-state index in [1.54, 1.807) is 6.07 Å². The zero-order chi connectivity index (χ0) is 13.5. The number of pyridine rings is 1. The highest BCUT2D eigenvalue weighted by atomic mass is 16.5. The van der Waals surface area contributed by atoms with Gasteiger partial charge in [-0.3, -0.25) is 5.32 Å². The average Bonchev–Trinajstić information content (AvgIpc) is 2.38. The van der Waals surface area contributed by atoms with Crippen LogP contribution in [0.4, 0.5) is 10.6 Å². The Morgan fingerprint density at radius 2 is 2.22 bits per heavy atom. The van der Waals surface area contributed by atoms with E-state index in [-0.39, 0.29) is 17.3 Å². The SMILES string of the molecule is CNC(=O)N/C(N)=N/c1ncccc1C(=O)OC.